The van der Waals surface area contributed by atoms with Crippen molar-refractivity contribution >= 4 is 22.6 Å². The Labute approximate surface area is 273 Å². The summed E-state index contributed by atoms with van der Waals surface area (Å²) < 4.78 is 0. The third-order valence-electron chi connectivity index (χ3n) is 7.98. The number of amidine groups is 1. The lowest BCUT2D eigenvalue weighted by molar-refractivity contribution is 0.274. The number of aromatic nitrogens is 5. The summed E-state index contributed by atoms with van der Waals surface area (Å²) in [6.07, 6.45) is 11.1. The van der Waals surface area contributed by atoms with E-state index < -0.39 is 0 Å². The van der Waals surface area contributed by atoms with Crippen molar-refractivity contribution in [2.45, 2.75) is 32.2 Å². The smallest absolute Gasteiger partial charge is 0.261 e. The second-order valence-corrected chi connectivity index (χ2v) is 11.5. The summed E-state index contributed by atoms with van der Waals surface area (Å²) in [5, 5.41) is 17.1. The molecule has 6 rings (SSSR count). The number of nitrogens with zero attached hydrogens (tertiary/aromatic N) is 4. The quantitative estimate of drug-likeness (QED) is 0.0911. The molecule has 4 heterocycles. The van der Waals surface area contributed by atoms with Crippen LogP contribution in [-0.4, -0.2) is 61.6 Å². The van der Waals surface area contributed by atoms with E-state index in [1.807, 2.05) is 67.8 Å². The Kier molecular flexibility index (Phi) is 10.1. The molecule has 47 heavy (non-hydrogen) atoms. The van der Waals surface area contributed by atoms with E-state index in [0.717, 1.165) is 57.5 Å². The van der Waals surface area contributed by atoms with Gasteiger partial charge in [-0.25, -0.2) is 4.98 Å². The van der Waals surface area contributed by atoms with Crippen LogP contribution in [-0.2, 0) is 19.3 Å². The predicted molar refractivity (Wildman–Crippen MR) is 187 cm³/mol. The van der Waals surface area contributed by atoms with Crippen molar-refractivity contribution in [1.82, 2.24) is 30.2 Å². The third-order valence-corrected chi connectivity index (χ3v) is 7.98. The van der Waals surface area contributed by atoms with E-state index in [0.29, 0.717) is 36.6 Å². The average molecular weight is 627 g/mol. The van der Waals surface area contributed by atoms with Gasteiger partial charge in [0, 0.05) is 49.6 Å². The molecule has 0 amide bonds. The van der Waals surface area contributed by atoms with E-state index in [1.165, 1.54) is 0 Å². The van der Waals surface area contributed by atoms with E-state index in [-0.39, 0.29) is 18.2 Å². The van der Waals surface area contributed by atoms with Gasteiger partial charge < -0.3 is 25.7 Å². The highest BCUT2D eigenvalue weighted by Crippen LogP contribution is 2.27. The summed E-state index contributed by atoms with van der Waals surface area (Å²) >= 11 is 0. The number of nitrogens with one attached hydrogen (secondary N) is 4. The topological polar surface area (TPSA) is 144 Å². The fraction of sp³-hybridized carbons (Fsp3) is 0.216. The number of aryl methyl sites for hydroxylation is 1. The zero-order valence-corrected chi connectivity index (χ0v) is 26.3. The molecule has 10 nitrogen and oxygen atoms in total. The maximum atomic E-state index is 13.2. The van der Waals surface area contributed by atoms with E-state index in [9.17, 15) is 9.90 Å². The first-order chi connectivity index (χ1) is 23.1. The molecule has 238 valence electrons. The van der Waals surface area contributed by atoms with Crippen LogP contribution in [0.5, 0.6) is 0 Å². The van der Waals surface area contributed by atoms with Gasteiger partial charge in [0.15, 0.2) is 0 Å². The number of aliphatic hydroxyl groups is 1. The van der Waals surface area contributed by atoms with Crippen LogP contribution in [0.1, 0.15) is 27.8 Å². The van der Waals surface area contributed by atoms with Gasteiger partial charge in [-0.2, -0.15) is 0 Å². The number of hydrogen-bond donors (Lipinski definition) is 5. The molecule has 6 aromatic rings. The van der Waals surface area contributed by atoms with Crippen molar-refractivity contribution in [2.24, 2.45) is 4.99 Å². The molecule has 10 heteroatoms. The number of aliphatic imine (C=N–C) groups is 1. The van der Waals surface area contributed by atoms with Crippen LogP contribution in [0.25, 0.3) is 22.4 Å². The van der Waals surface area contributed by atoms with Gasteiger partial charge in [-0.05, 0) is 78.8 Å². The summed E-state index contributed by atoms with van der Waals surface area (Å²) in [4.78, 5) is 37.7. The van der Waals surface area contributed by atoms with Crippen LogP contribution in [0.4, 0.5) is 5.69 Å². The summed E-state index contributed by atoms with van der Waals surface area (Å²) in [5.74, 6) is 1.23. The lowest BCUT2D eigenvalue weighted by atomic mass is 10.1. The number of aliphatic hydroxyl groups excluding tert-OH is 1. The fourth-order valence-electron chi connectivity index (χ4n) is 5.62. The molecule has 1 atom stereocenters. The Morgan fingerprint density at radius 2 is 1.68 bits per heavy atom. The molecule has 0 radical (unpaired) electrons. The minimum atomic E-state index is -0.293. The maximum Gasteiger partial charge on any atom is 0.261 e. The van der Waals surface area contributed by atoms with Crippen molar-refractivity contribution in [1.29, 1.82) is 0 Å². The highest BCUT2D eigenvalue weighted by atomic mass is 16.3. The van der Waals surface area contributed by atoms with Crippen molar-refractivity contribution in [3.63, 3.8) is 0 Å². The van der Waals surface area contributed by atoms with E-state index in [4.69, 9.17) is 9.98 Å². The number of benzene rings is 2. The molecule has 0 unspecified atom stereocenters. The van der Waals surface area contributed by atoms with Gasteiger partial charge in [0.1, 0.15) is 17.2 Å². The molecule has 2 aromatic carbocycles. The molecule has 5 N–H and O–H groups in total. The number of pyridine rings is 3. The highest BCUT2D eigenvalue weighted by molar-refractivity contribution is 6.02. The Bertz CT molecular complexity index is 1990. The van der Waals surface area contributed by atoms with Gasteiger partial charge in [-0.3, -0.25) is 19.8 Å². The summed E-state index contributed by atoms with van der Waals surface area (Å²) in [7, 11) is 0. The molecule has 0 fully saturated rings. The molecule has 0 aliphatic carbocycles. The number of hydrogen-bond acceptors (Lipinski definition) is 7. The van der Waals surface area contributed by atoms with E-state index >= 15 is 0 Å². The molecular weight excluding hydrogens is 588 g/mol. The van der Waals surface area contributed by atoms with Crippen LogP contribution in [0, 0.1) is 6.92 Å². The third kappa shape index (κ3) is 7.98. The van der Waals surface area contributed by atoms with Gasteiger partial charge in [0.25, 0.3) is 5.56 Å². The zero-order valence-electron chi connectivity index (χ0n) is 26.3. The van der Waals surface area contributed by atoms with Crippen LogP contribution in [0.2, 0.25) is 0 Å². The van der Waals surface area contributed by atoms with Crippen LogP contribution < -0.4 is 16.2 Å². The summed E-state index contributed by atoms with van der Waals surface area (Å²) in [5.41, 5.74) is 7.49. The lowest BCUT2D eigenvalue weighted by Crippen LogP contribution is -2.28. The van der Waals surface area contributed by atoms with Gasteiger partial charge in [-0.1, -0.05) is 42.5 Å². The fourth-order valence-corrected chi connectivity index (χ4v) is 5.62. The lowest BCUT2D eigenvalue weighted by Gasteiger charge is -2.19. The molecule has 0 aliphatic heterocycles. The van der Waals surface area contributed by atoms with Crippen molar-refractivity contribution in [3.8, 4) is 11.4 Å². The molecule has 0 bridgehead atoms. The van der Waals surface area contributed by atoms with Crippen molar-refractivity contribution in [2.75, 3.05) is 25.0 Å². The number of aromatic amines is 2. The second-order valence-electron chi connectivity index (χ2n) is 11.5. The maximum absolute atomic E-state index is 13.2. The Morgan fingerprint density at radius 1 is 0.936 bits per heavy atom. The monoisotopic (exact) mass is 626 g/mol. The first-order valence-electron chi connectivity index (χ1n) is 15.8. The number of anilines is 1. The largest absolute Gasteiger partial charge is 0.394 e. The molecule has 0 saturated heterocycles. The first kappa shape index (κ1) is 31.4. The summed E-state index contributed by atoms with van der Waals surface area (Å²) in [6.45, 7) is 3.19. The standard InChI is InChI=1S/C37H38N8O2/c1-25-19-29(35(40-16-11-27-9-5-14-38-22-27)41-17-12-28-10-6-15-39-23-28)21-32-34(25)45-36(44-32)33-31(13-18-42-37(33)47)43-30(24-46)20-26-7-3-2-4-8-26/h2-10,13-15,18-19,21-23,30,46H,11-12,16-17,20,24H2,1H3,(H,40,41)(H,44,45)(H2,42,43,47)/t30-/m0/s1. The van der Waals surface area contributed by atoms with Crippen molar-refractivity contribution in [3.05, 3.63) is 142 Å². The molecule has 0 saturated carbocycles. The normalized spacial score (nSPS) is 12.3. The second kappa shape index (κ2) is 15.1. The van der Waals surface area contributed by atoms with Crippen LogP contribution in [0.3, 0.4) is 0 Å². The van der Waals surface area contributed by atoms with E-state index in [2.05, 4.69) is 48.8 Å². The average Bonchev–Trinajstić information content (AvgIpc) is 3.53. The predicted octanol–water partition coefficient (Wildman–Crippen LogP) is 4.85. The number of H-pyrrole nitrogens is 2. The Morgan fingerprint density at radius 3 is 2.40 bits per heavy atom. The van der Waals surface area contributed by atoms with Crippen LogP contribution >= 0.6 is 0 Å². The minimum Gasteiger partial charge on any atom is -0.394 e. The molecular formula is C37H38N8O2. The molecule has 4 aromatic heterocycles. The van der Waals surface area contributed by atoms with Gasteiger partial charge >= 0.3 is 0 Å². The Hall–Kier alpha value is -5.61. The summed E-state index contributed by atoms with van der Waals surface area (Å²) in [6, 6.07) is 23.5. The highest BCUT2D eigenvalue weighted by Gasteiger charge is 2.19. The minimum absolute atomic E-state index is 0.0968. The first-order valence-corrected chi connectivity index (χ1v) is 15.8. The van der Waals surface area contributed by atoms with Crippen LogP contribution in [0.15, 0.2) is 114 Å². The SMILES string of the molecule is Cc1cc(/C(=N/CCc2cccnc2)NCCc2cccnc2)cc2[nH]c(-c3c(N[C@H](CO)Cc4ccccc4)cc[nH]c3=O)nc12. The van der Waals surface area contributed by atoms with Gasteiger partial charge in [0.2, 0.25) is 0 Å². The number of fused-ring (bicyclic) bond motifs is 1. The van der Waals surface area contributed by atoms with Gasteiger partial charge in [-0.15, -0.1) is 0 Å². The number of rotatable bonds is 13. The molecule has 0 spiro atoms. The van der Waals surface area contributed by atoms with Crippen molar-refractivity contribution < 1.29 is 5.11 Å². The zero-order chi connectivity index (χ0) is 32.4. The Balaban J connectivity index is 1.29. The number of imidazole rings is 1. The molecule has 0 aliphatic rings. The van der Waals surface area contributed by atoms with E-state index in [1.54, 1.807) is 24.7 Å². The van der Waals surface area contributed by atoms with Gasteiger partial charge in [0.05, 0.1) is 29.4 Å².